The van der Waals surface area contributed by atoms with E-state index in [2.05, 4.69) is 11.9 Å². The lowest BCUT2D eigenvalue weighted by Gasteiger charge is -2.11. The second-order valence-corrected chi connectivity index (χ2v) is 7.01. The molecule has 0 aliphatic rings. The summed E-state index contributed by atoms with van der Waals surface area (Å²) in [6, 6.07) is 7.62. The lowest BCUT2D eigenvalue weighted by atomic mass is 10.1. The van der Waals surface area contributed by atoms with Crippen LogP contribution in [0, 0.1) is 0 Å². The molecule has 0 heterocycles. The minimum atomic E-state index is -2.38. The molecule has 114 valence electrons. The molecular weight excluding hydrogens is 382 g/mol. The van der Waals surface area contributed by atoms with Gasteiger partial charge >= 0.3 is 0 Å². The third-order valence-corrected chi connectivity index (χ3v) is 4.70. The Hall–Kier alpha value is -0.580. The molecule has 0 saturated carbocycles. The molecule has 0 aliphatic heterocycles. The van der Waals surface area contributed by atoms with Crippen LogP contribution in [0.5, 0.6) is 0 Å². The fraction of sp³-hybridized carbons (Fsp3) is 0.333. The molecule has 3 nitrogen and oxygen atoms in total. The lowest BCUT2D eigenvalue weighted by molar-refractivity contribution is 0.585. The average Bonchev–Trinajstić information content (AvgIpc) is 2.47. The minimum absolute atomic E-state index is 0. The van der Waals surface area contributed by atoms with Gasteiger partial charge in [-0.1, -0.05) is 50.8 Å². The summed E-state index contributed by atoms with van der Waals surface area (Å²) in [6.07, 6.45) is 3.85. The summed E-state index contributed by atoms with van der Waals surface area (Å²) >= 11 is 0. The molecular formula is C15H26IN2OP. The number of hydrogen-bond donors (Lipinski definition) is 2. The summed E-state index contributed by atoms with van der Waals surface area (Å²) in [6.45, 7) is 9.47. The van der Waals surface area contributed by atoms with Crippen molar-refractivity contribution in [3.8, 4) is 0 Å². The summed E-state index contributed by atoms with van der Waals surface area (Å²) in [5.41, 5.74) is 7.54. The number of halogens is 1. The molecule has 0 aromatic heterocycles. The van der Waals surface area contributed by atoms with Crippen LogP contribution < -0.4 is 16.4 Å². The van der Waals surface area contributed by atoms with Gasteiger partial charge in [-0.3, -0.25) is 0 Å². The van der Waals surface area contributed by atoms with Crippen LogP contribution in [0.25, 0.3) is 5.57 Å². The molecule has 0 aliphatic carbocycles. The van der Waals surface area contributed by atoms with Crippen LogP contribution in [0.3, 0.4) is 0 Å². The van der Waals surface area contributed by atoms with Crippen molar-refractivity contribution >= 4 is 42.0 Å². The first-order valence-electron chi connectivity index (χ1n) is 6.42. The van der Waals surface area contributed by atoms with Crippen molar-refractivity contribution < 1.29 is 4.57 Å². The highest BCUT2D eigenvalue weighted by molar-refractivity contribution is 14.0. The van der Waals surface area contributed by atoms with Crippen LogP contribution in [-0.4, -0.2) is 20.0 Å². The quantitative estimate of drug-likeness (QED) is 0.445. The maximum absolute atomic E-state index is 12.1. The van der Waals surface area contributed by atoms with Gasteiger partial charge in [-0.2, -0.15) is 0 Å². The lowest BCUT2D eigenvalue weighted by Crippen LogP contribution is -2.11. The normalized spacial score (nSPS) is 13.2. The zero-order valence-corrected chi connectivity index (χ0v) is 15.9. The Morgan fingerprint density at radius 2 is 1.85 bits per heavy atom. The van der Waals surface area contributed by atoms with Gasteiger partial charge in [-0.05, 0) is 17.8 Å². The third kappa shape index (κ3) is 6.25. The summed E-state index contributed by atoms with van der Waals surface area (Å²) in [5, 5.41) is 3.78. The molecule has 0 radical (unpaired) electrons. The van der Waals surface area contributed by atoms with Crippen LogP contribution in [0.1, 0.15) is 19.4 Å². The molecule has 1 aromatic rings. The molecule has 1 atom stereocenters. The van der Waals surface area contributed by atoms with Gasteiger partial charge < -0.3 is 15.6 Å². The average molecular weight is 408 g/mol. The SMILES string of the molecule is C=C/C(=C\NC)c1ccc(P(C)(=O)CN)cc1.CC.I. The highest BCUT2D eigenvalue weighted by atomic mass is 127. The smallest absolute Gasteiger partial charge is 0.125 e. The first-order valence-corrected chi connectivity index (χ1v) is 8.76. The molecule has 3 N–H and O–H groups in total. The van der Waals surface area contributed by atoms with Crippen molar-refractivity contribution in [2.45, 2.75) is 13.8 Å². The molecule has 0 saturated heterocycles. The van der Waals surface area contributed by atoms with Gasteiger partial charge in [0.05, 0.1) is 6.29 Å². The second kappa shape index (κ2) is 11.1. The van der Waals surface area contributed by atoms with E-state index in [1.54, 1.807) is 12.7 Å². The number of hydrogen-bond acceptors (Lipinski definition) is 3. The Labute approximate surface area is 140 Å². The van der Waals surface area contributed by atoms with E-state index in [4.69, 9.17) is 5.73 Å². The maximum atomic E-state index is 12.1. The Balaban J connectivity index is 0. The van der Waals surface area contributed by atoms with Gasteiger partial charge in [0.25, 0.3) is 0 Å². The molecule has 20 heavy (non-hydrogen) atoms. The highest BCUT2D eigenvalue weighted by Crippen LogP contribution is 2.37. The van der Waals surface area contributed by atoms with Crippen LogP contribution in [0.15, 0.2) is 43.1 Å². The van der Waals surface area contributed by atoms with E-state index in [0.717, 1.165) is 16.4 Å². The number of nitrogens with two attached hydrogens (primary N) is 1. The summed E-state index contributed by atoms with van der Waals surface area (Å²) < 4.78 is 12.1. The van der Waals surface area contributed by atoms with Crippen molar-refractivity contribution in [1.29, 1.82) is 0 Å². The van der Waals surface area contributed by atoms with Gasteiger partial charge in [0.15, 0.2) is 0 Å². The molecule has 5 heteroatoms. The fourth-order valence-corrected chi connectivity index (χ4v) is 2.48. The largest absolute Gasteiger partial charge is 0.393 e. The number of nitrogens with one attached hydrogen (secondary N) is 1. The molecule has 0 bridgehead atoms. The fourth-order valence-electron chi connectivity index (χ4n) is 1.49. The number of allylic oxidation sites excluding steroid dienone is 2. The van der Waals surface area contributed by atoms with Crippen molar-refractivity contribution in [3.05, 3.63) is 48.7 Å². The Morgan fingerprint density at radius 3 is 2.20 bits per heavy atom. The van der Waals surface area contributed by atoms with Gasteiger partial charge in [-0.25, -0.2) is 0 Å². The van der Waals surface area contributed by atoms with Crippen LogP contribution in [-0.2, 0) is 4.57 Å². The molecule has 1 aromatic carbocycles. The van der Waals surface area contributed by atoms with Gasteiger partial charge in [-0.15, -0.1) is 24.0 Å². The second-order valence-electron chi connectivity index (χ2n) is 3.92. The van der Waals surface area contributed by atoms with E-state index in [-0.39, 0.29) is 30.3 Å². The topological polar surface area (TPSA) is 55.1 Å². The van der Waals surface area contributed by atoms with Crippen molar-refractivity contribution in [1.82, 2.24) is 5.32 Å². The van der Waals surface area contributed by atoms with E-state index in [9.17, 15) is 4.57 Å². The summed E-state index contributed by atoms with van der Waals surface area (Å²) in [7, 11) is -0.543. The molecule has 1 rings (SSSR count). The van der Waals surface area contributed by atoms with Crippen LogP contribution >= 0.6 is 31.1 Å². The monoisotopic (exact) mass is 408 g/mol. The van der Waals surface area contributed by atoms with E-state index in [1.165, 1.54) is 0 Å². The Bertz CT molecular complexity index is 469. The Morgan fingerprint density at radius 1 is 1.35 bits per heavy atom. The van der Waals surface area contributed by atoms with Gasteiger partial charge in [0, 0.05) is 18.6 Å². The highest BCUT2D eigenvalue weighted by Gasteiger charge is 2.15. The summed E-state index contributed by atoms with van der Waals surface area (Å²) in [5.74, 6) is 0. The van der Waals surface area contributed by atoms with E-state index in [1.807, 2.05) is 51.4 Å². The molecule has 0 amide bonds. The predicted molar refractivity (Wildman–Crippen MR) is 103 cm³/mol. The third-order valence-electron chi connectivity index (χ3n) is 2.61. The minimum Gasteiger partial charge on any atom is -0.393 e. The first kappa shape index (κ1) is 21.7. The van der Waals surface area contributed by atoms with Gasteiger partial charge in [0.1, 0.15) is 7.14 Å². The van der Waals surface area contributed by atoms with Crippen molar-refractivity contribution in [2.24, 2.45) is 5.73 Å². The number of benzene rings is 1. The predicted octanol–water partition coefficient (Wildman–Crippen LogP) is 3.61. The zero-order chi connectivity index (χ0) is 14.9. The first-order chi connectivity index (χ1) is 9.05. The van der Waals surface area contributed by atoms with Crippen molar-refractivity contribution in [2.75, 3.05) is 20.0 Å². The molecule has 0 fully saturated rings. The number of rotatable bonds is 5. The van der Waals surface area contributed by atoms with Crippen LogP contribution in [0.2, 0.25) is 0 Å². The van der Waals surface area contributed by atoms with Gasteiger partial charge in [0.2, 0.25) is 0 Å². The molecule has 0 spiro atoms. The Kier molecular flexibility index (Phi) is 12.1. The summed E-state index contributed by atoms with van der Waals surface area (Å²) in [4.78, 5) is 0. The van der Waals surface area contributed by atoms with Crippen LogP contribution in [0.4, 0.5) is 0 Å². The maximum Gasteiger partial charge on any atom is 0.125 e. The molecule has 1 unspecified atom stereocenters. The van der Waals surface area contributed by atoms with Crippen molar-refractivity contribution in [3.63, 3.8) is 0 Å². The standard InChI is InChI=1S/C13H19N2OP.C2H6.HI/c1-4-11(9-15-2)12-5-7-13(8-6-12)17(3,16)10-14;1-2;/h4-9,15H,1,10,14H2,2-3H3;1-2H3;1H/b11-9+;;. The zero-order valence-electron chi connectivity index (χ0n) is 12.7. The van der Waals surface area contributed by atoms with E-state index < -0.39 is 7.14 Å². The van der Waals surface area contributed by atoms with E-state index in [0.29, 0.717) is 0 Å². The van der Waals surface area contributed by atoms with E-state index >= 15 is 0 Å².